The Labute approximate surface area is 299 Å². The van der Waals surface area contributed by atoms with Crippen LogP contribution in [-0.2, 0) is 4.79 Å². The molecular weight excluding hydrogens is 594 g/mol. The van der Waals surface area contributed by atoms with Crippen molar-refractivity contribution in [2.75, 3.05) is 26.7 Å². The third-order valence-corrected chi connectivity index (χ3v) is 7.16. The second-order valence-corrected chi connectivity index (χ2v) is 10.6. The molecule has 2 rings (SSSR count). The van der Waals surface area contributed by atoms with Gasteiger partial charge in [0.05, 0.1) is 0 Å². The van der Waals surface area contributed by atoms with Gasteiger partial charge >= 0.3 is 43.7 Å². The Bertz CT molecular complexity index is 1110. The van der Waals surface area contributed by atoms with Gasteiger partial charge in [-0.15, -0.1) is 13.1 Å². The Kier molecular flexibility index (Phi) is 26.1. The van der Waals surface area contributed by atoms with Gasteiger partial charge in [-0.3, -0.25) is 9.69 Å². The molecule has 45 heavy (non-hydrogen) atoms. The van der Waals surface area contributed by atoms with E-state index in [9.17, 15) is 27.5 Å². The third-order valence-electron chi connectivity index (χ3n) is 6.93. The number of carbonyl (C=O) groups is 1. The fraction of sp³-hybridized carbons (Fsp3) is 0.441. The van der Waals surface area contributed by atoms with Crippen molar-refractivity contribution in [3.8, 4) is 0 Å². The first kappa shape index (κ1) is 48.4. The van der Waals surface area contributed by atoms with Crippen LogP contribution in [0.4, 0.5) is 17.6 Å². The predicted octanol–water partition coefficient (Wildman–Crippen LogP) is 3.41. The van der Waals surface area contributed by atoms with Crippen molar-refractivity contribution in [1.82, 2.24) is 9.80 Å². The topological polar surface area (TPSA) is 43.8 Å². The number of halogens is 5. The average molecular weight is 641 g/mol. The number of alkyl halides is 3. The van der Waals surface area contributed by atoms with Crippen LogP contribution in [0.2, 0.25) is 5.02 Å². The summed E-state index contributed by atoms with van der Waals surface area (Å²) in [6.07, 6.45) is -0.583. The van der Waals surface area contributed by atoms with Crippen molar-refractivity contribution in [2.45, 2.75) is 71.1 Å². The molecule has 2 aromatic carbocycles. The maximum Gasteiger partial charge on any atom is 1.00 e. The number of carboxylic acids is 1. The Morgan fingerprint density at radius 1 is 1.00 bits per heavy atom. The standard InChI is InChI=1S/C29H38ClFN2O2.C3H7.C2H2F3.2Li/c1-8-21(9-2)27-20(6)25(31)15-14-23(27)28(29(34)35)32(7)17-16-26(33(10-3)11-4)24-18-22(30)13-12-19(24)5;1-3-2;1-2(3,4)5;;/h12-15,18,21,26,28H,1-4,8-11,16-17H2,5-7H3,(H,34,35);3H,1-2H3;1H2;;/q-4;2*-1;2*+1/t26-,28?;;;;/m0..../s1. The minimum absolute atomic E-state index is 0. The first-order valence-electron chi connectivity index (χ1n) is 14.1. The van der Waals surface area contributed by atoms with Gasteiger partial charge in [0.15, 0.2) is 0 Å². The molecule has 1 N–H and O–H groups in total. The van der Waals surface area contributed by atoms with E-state index in [1.54, 1.807) is 27.0 Å². The molecule has 0 saturated carbocycles. The molecule has 0 heterocycles. The van der Waals surface area contributed by atoms with Crippen LogP contribution in [-0.4, -0.2) is 53.7 Å². The number of aryl methyl sites for hydroxylation is 1. The molecule has 0 saturated heterocycles. The first-order chi connectivity index (χ1) is 20.0. The molecule has 0 radical (unpaired) electrons. The molecule has 11 heteroatoms. The zero-order chi connectivity index (χ0) is 33.5. The Morgan fingerprint density at radius 2 is 1.49 bits per heavy atom. The van der Waals surface area contributed by atoms with Crippen molar-refractivity contribution >= 4 is 17.6 Å². The SMILES string of the molecule is C[CH-]C.[CH2-]C(F)(F)F.[CH2-]CC(C[CH2-])c1c(C(C(=O)O)N(C)CC[C@@H](c2cc(Cl)ccc2C)N(C[CH2-])C[CH2-])ccc(F)c1C.[Li+].[Li+]. The molecular formula is C34H47ClF4Li2N2O2-4. The van der Waals surface area contributed by atoms with Crippen LogP contribution >= 0.6 is 11.6 Å². The van der Waals surface area contributed by atoms with Gasteiger partial charge < -0.3 is 44.1 Å². The van der Waals surface area contributed by atoms with E-state index in [0.717, 1.165) is 11.1 Å². The molecule has 2 atom stereocenters. The molecule has 0 aromatic heterocycles. The summed E-state index contributed by atoms with van der Waals surface area (Å²) in [7, 11) is 1.80. The molecule has 0 aliphatic heterocycles. The molecule has 0 aliphatic rings. The van der Waals surface area contributed by atoms with Crippen LogP contribution in [0.15, 0.2) is 30.3 Å². The van der Waals surface area contributed by atoms with Gasteiger partial charge in [0, 0.05) is 17.6 Å². The number of aliphatic carboxylic acids is 1. The van der Waals surface area contributed by atoms with Crippen LogP contribution in [0, 0.1) is 60.7 Å². The predicted molar refractivity (Wildman–Crippen MR) is 170 cm³/mol. The fourth-order valence-corrected chi connectivity index (χ4v) is 5.06. The van der Waals surface area contributed by atoms with Gasteiger partial charge in [-0.2, -0.15) is 26.7 Å². The van der Waals surface area contributed by atoms with Crippen molar-refractivity contribution in [3.05, 3.63) is 110 Å². The summed E-state index contributed by atoms with van der Waals surface area (Å²) in [5.74, 6) is -1.45. The Hall–Kier alpha value is -0.965. The van der Waals surface area contributed by atoms with Crippen molar-refractivity contribution in [3.63, 3.8) is 0 Å². The second kappa shape index (κ2) is 24.2. The van der Waals surface area contributed by atoms with Crippen LogP contribution in [0.1, 0.15) is 78.9 Å². The first-order valence-corrected chi connectivity index (χ1v) is 14.4. The van der Waals surface area contributed by atoms with E-state index in [4.69, 9.17) is 11.6 Å². The average Bonchev–Trinajstić information content (AvgIpc) is 2.91. The van der Waals surface area contributed by atoms with E-state index >= 15 is 0 Å². The summed E-state index contributed by atoms with van der Waals surface area (Å²) in [5.41, 5.74) is 3.95. The second-order valence-electron chi connectivity index (χ2n) is 10.2. The van der Waals surface area contributed by atoms with Crippen molar-refractivity contribution < 1.29 is 65.2 Å². The molecule has 0 amide bonds. The Morgan fingerprint density at radius 3 is 1.91 bits per heavy atom. The fourth-order valence-electron chi connectivity index (χ4n) is 4.88. The van der Waals surface area contributed by atoms with Crippen molar-refractivity contribution in [1.29, 1.82) is 0 Å². The van der Waals surface area contributed by atoms with Crippen molar-refractivity contribution in [2.24, 2.45) is 0 Å². The number of likely N-dealkylation sites (N-methyl/N-ethyl adjacent to an activating group) is 1. The summed E-state index contributed by atoms with van der Waals surface area (Å²) in [5, 5.41) is 10.9. The van der Waals surface area contributed by atoms with Crippen LogP contribution in [0.3, 0.4) is 0 Å². The van der Waals surface area contributed by atoms with Gasteiger partial charge in [0.1, 0.15) is 11.9 Å². The third kappa shape index (κ3) is 16.6. The Balaban J connectivity index is -0.00000157. The molecule has 2 aromatic rings. The molecule has 0 bridgehead atoms. The summed E-state index contributed by atoms with van der Waals surface area (Å²) in [6, 6.07) is 7.81. The number of carboxylic acid groups (broad SMARTS) is 1. The molecule has 0 spiro atoms. The minimum atomic E-state index is -4.25. The largest absolute Gasteiger partial charge is 1.00 e. The van der Waals surface area contributed by atoms with E-state index in [1.165, 1.54) is 6.07 Å². The summed E-state index contributed by atoms with van der Waals surface area (Å²) >= 11 is 6.31. The number of hydrogen-bond acceptors (Lipinski definition) is 3. The van der Waals surface area contributed by atoms with Gasteiger partial charge in [-0.25, -0.2) is 24.5 Å². The normalized spacial score (nSPS) is 12.3. The molecule has 0 fully saturated rings. The maximum atomic E-state index is 14.5. The maximum absolute atomic E-state index is 14.5. The zero-order valence-corrected chi connectivity index (χ0v) is 28.9. The van der Waals surface area contributed by atoms with Gasteiger partial charge in [0.25, 0.3) is 6.18 Å². The number of nitrogens with zero attached hydrogens (tertiary/aromatic N) is 2. The minimum Gasteiger partial charge on any atom is -0.480 e. The number of benzene rings is 2. The van der Waals surface area contributed by atoms with E-state index < -0.39 is 18.2 Å². The van der Waals surface area contributed by atoms with Gasteiger partial charge in [-0.05, 0) is 73.3 Å². The molecule has 246 valence electrons. The van der Waals surface area contributed by atoms with E-state index in [0.29, 0.717) is 60.6 Å². The van der Waals surface area contributed by atoms with E-state index in [-0.39, 0.29) is 55.5 Å². The quantitative estimate of drug-likeness (QED) is 0.207. The molecule has 1 unspecified atom stereocenters. The van der Waals surface area contributed by atoms with E-state index in [1.807, 2.05) is 50.3 Å². The summed E-state index contributed by atoms with van der Waals surface area (Å²) < 4.78 is 45.2. The molecule has 4 nitrogen and oxygen atoms in total. The van der Waals surface area contributed by atoms with Crippen LogP contribution < -0.4 is 37.7 Å². The summed E-state index contributed by atoms with van der Waals surface area (Å²) in [6.45, 7) is 27.2. The van der Waals surface area contributed by atoms with Gasteiger partial charge in [0.2, 0.25) is 0 Å². The monoisotopic (exact) mass is 640 g/mol. The molecule has 0 aliphatic carbocycles. The number of rotatable bonds is 13. The van der Waals surface area contributed by atoms with Crippen LogP contribution in [0.25, 0.3) is 0 Å². The van der Waals surface area contributed by atoms with E-state index in [2.05, 4.69) is 32.6 Å². The number of hydrogen-bond donors (Lipinski definition) is 1. The van der Waals surface area contributed by atoms with Gasteiger partial charge in [-0.1, -0.05) is 29.7 Å². The van der Waals surface area contributed by atoms with Crippen LogP contribution in [0.5, 0.6) is 0 Å². The smallest absolute Gasteiger partial charge is 0.480 e. The summed E-state index contributed by atoms with van der Waals surface area (Å²) in [4.78, 5) is 16.5. The zero-order valence-electron chi connectivity index (χ0n) is 28.1.